The minimum Gasteiger partial charge on any atom is -0.480 e. The fourth-order valence-corrected chi connectivity index (χ4v) is 2.31. The molecule has 1 unspecified atom stereocenters. The van der Waals surface area contributed by atoms with Crippen molar-refractivity contribution in [1.29, 1.82) is 0 Å². The highest BCUT2D eigenvalue weighted by molar-refractivity contribution is 6.35. The van der Waals surface area contributed by atoms with Crippen LogP contribution in [0.25, 0.3) is 6.08 Å². The van der Waals surface area contributed by atoms with Gasteiger partial charge in [0.25, 0.3) is 0 Å². The number of carboxylic acid groups (broad SMARTS) is 1. The topological polar surface area (TPSA) is 66.4 Å². The van der Waals surface area contributed by atoms with E-state index in [4.69, 9.17) is 23.2 Å². The maximum Gasteiger partial charge on any atom is 0.326 e. The van der Waals surface area contributed by atoms with Crippen molar-refractivity contribution in [3.63, 3.8) is 0 Å². The first-order valence-corrected chi connectivity index (χ1v) is 7.50. The first-order valence-electron chi connectivity index (χ1n) is 6.75. The lowest BCUT2D eigenvalue weighted by atomic mass is 9.88. The molecule has 22 heavy (non-hydrogen) atoms. The summed E-state index contributed by atoms with van der Waals surface area (Å²) in [4.78, 5) is 23.1. The number of aliphatic carboxylic acids is 1. The van der Waals surface area contributed by atoms with Crippen molar-refractivity contribution < 1.29 is 14.7 Å². The number of carbonyl (C=O) groups is 2. The van der Waals surface area contributed by atoms with Gasteiger partial charge in [0, 0.05) is 16.1 Å². The first-order chi connectivity index (χ1) is 10.1. The molecule has 0 aromatic heterocycles. The average molecular weight is 344 g/mol. The number of rotatable bonds is 5. The van der Waals surface area contributed by atoms with Crippen LogP contribution in [0, 0.1) is 5.41 Å². The lowest BCUT2D eigenvalue weighted by molar-refractivity contribution is -0.142. The summed E-state index contributed by atoms with van der Waals surface area (Å²) in [5.74, 6) is -1.54. The third-order valence-corrected chi connectivity index (χ3v) is 3.37. The fourth-order valence-electron chi connectivity index (χ4n) is 1.83. The molecule has 1 amide bonds. The summed E-state index contributed by atoms with van der Waals surface area (Å²) in [7, 11) is 0. The summed E-state index contributed by atoms with van der Waals surface area (Å²) in [6.07, 6.45) is 3.11. The molecule has 2 N–H and O–H groups in total. The second-order valence-electron chi connectivity index (χ2n) is 6.16. The van der Waals surface area contributed by atoms with E-state index in [2.05, 4.69) is 5.32 Å². The van der Waals surface area contributed by atoms with Gasteiger partial charge in [-0.1, -0.05) is 50.0 Å². The summed E-state index contributed by atoms with van der Waals surface area (Å²) in [6.45, 7) is 5.75. The van der Waals surface area contributed by atoms with Crippen molar-refractivity contribution in [3.05, 3.63) is 39.9 Å². The molecule has 0 fully saturated rings. The third kappa shape index (κ3) is 6.50. The number of carboxylic acids is 1. The Morgan fingerprint density at radius 2 is 1.95 bits per heavy atom. The van der Waals surface area contributed by atoms with Gasteiger partial charge in [-0.25, -0.2) is 4.79 Å². The Morgan fingerprint density at radius 3 is 2.45 bits per heavy atom. The zero-order valence-corrected chi connectivity index (χ0v) is 14.2. The van der Waals surface area contributed by atoms with Gasteiger partial charge in [-0.15, -0.1) is 0 Å². The minimum absolute atomic E-state index is 0.209. The molecule has 0 saturated carbocycles. The first kappa shape index (κ1) is 18.5. The van der Waals surface area contributed by atoms with Crippen LogP contribution in [-0.4, -0.2) is 23.0 Å². The standard InChI is InChI=1S/C16H19Cl2NO3/c1-16(2,3)9-13(15(21)22)19-14(20)7-5-10-4-6-11(17)8-12(10)18/h4-8,13H,9H2,1-3H3,(H,19,20)(H,21,22)/b7-5+. The maximum atomic E-state index is 11.9. The highest BCUT2D eigenvalue weighted by Gasteiger charge is 2.25. The van der Waals surface area contributed by atoms with Crippen LogP contribution in [0.4, 0.5) is 0 Å². The Morgan fingerprint density at radius 1 is 1.32 bits per heavy atom. The van der Waals surface area contributed by atoms with Crippen LogP contribution < -0.4 is 5.32 Å². The highest BCUT2D eigenvalue weighted by atomic mass is 35.5. The molecule has 0 saturated heterocycles. The van der Waals surface area contributed by atoms with Crippen molar-refractivity contribution in [1.82, 2.24) is 5.32 Å². The Bertz CT molecular complexity index is 592. The lowest BCUT2D eigenvalue weighted by Gasteiger charge is -2.23. The molecule has 1 rings (SSSR count). The Labute approximate surface area is 140 Å². The van der Waals surface area contributed by atoms with Crippen molar-refractivity contribution in [2.45, 2.75) is 33.2 Å². The Kier molecular flexibility index (Phi) is 6.45. The summed E-state index contributed by atoms with van der Waals surface area (Å²) in [5.41, 5.74) is 0.420. The molecule has 120 valence electrons. The van der Waals surface area contributed by atoms with Crippen LogP contribution in [0.15, 0.2) is 24.3 Å². The quantitative estimate of drug-likeness (QED) is 0.793. The molecule has 0 aliphatic carbocycles. The summed E-state index contributed by atoms with van der Waals surface area (Å²) in [5, 5.41) is 12.6. The van der Waals surface area contributed by atoms with Crippen LogP contribution in [0.2, 0.25) is 10.0 Å². The molecule has 0 spiro atoms. The second-order valence-corrected chi connectivity index (χ2v) is 7.01. The molecule has 4 nitrogen and oxygen atoms in total. The summed E-state index contributed by atoms with van der Waals surface area (Å²) >= 11 is 11.8. The molecule has 1 atom stereocenters. The van der Waals surface area contributed by atoms with E-state index < -0.39 is 17.9 Å². The fraction of sp³-hybridized carbons (Fsp3) is 0.375. The van der Waals surface area contributed by atoms with E-state index in [0.717, 1.165) is 0 Å². The zero-order valence-electron chi connectivity index (χ0n) is 12.7. The van der Waals surface area contributed by atoms with Crippen molar-refractivity contribution in [2.24, 2.45) is 5.41 Å². The molecular weight excluding hydrogens is 325 g/mol. The number of hydrogen-bond acceptors (Lipinski definition) is 2. The Hall–Kier alpha value is -1.52. The average Bonchev–Trinajstić information content (AvgIpc) is 2.35. The van der Waals surface area contributed by atoms with Crippen LogP contribution >= 0.6 is 23.2 Å². The molecule has 0 aliphatic heterocycles. The van der Waals surface area contributed by atoms with E-state index in [1.807, 2.05) is 20.8 Å². The van der Waals surface area contributed by atoms with Crippen LogP contribution in [0.1, 0.15) is 32.8 Å². The van der Waals surface area contributed by atoms with Gasteiger partial charge in [0.1, 0.15) is 6.04 Å². The summed E-state index contributed by atoms with van der Waals surface area (Å²) in [6, 6.07) is 3.97. The van der Waals surface area contributed by atoms with E-state index in [1.54, 1.807) is 18.2 Å². The van der Waals surface area contributed by atoms with Gasteiger partial charge in [-0.2, -0.15) is 0 Å². The predicted molar refractivity (Wildman–Crippen MR) is 89.1 cm³/mol. The number of hydrogen-bond donors (Lipinski definition) is 2. The van der Waals surface area contributed by atoms with Gasteiger partial charge in [0.2, 0.25) is 5.91 Å². The molecule has 0 aliphatic rings. The van der Waals surface area contributed by atoms with Crippen molar-refractivity contribution >= 4 is 41.2 Å². The molecule has 1 aromatic rings. The van der Waals surface area contributed by atoms with Crippen LogP contribution in [-0.2, 0) is 9.59 Å². The van der Waals surface area contributed by atoms with E-state index in [-0.39, 0.29) is 5.41 Å². The lowest BCUT2D eigenvalue weighted by Crippen LogP contribution is -2.42. The van der Waals surface area contributed by atoms with Gasteiger partial charge in [-0.3, -0.25) is 4.79 Å². The van der Waals surface area contributed by atoms with Gasteiger partial charge in [-0.05, 0) is 35.6 Å². The van der Waals surface area contributed by atoms with Gasteiger partial charge in [0.05, 0.1) is 0 Å². The molecule has 0 radical (unpaired) electrons. The van der Waals surface area contributed by atoms with Gasteiger partial charge in [0.15, 0.2) is 0 Å². The second kappa shape index (κ2) is 7.65. The van der Waals surface area contributed by atoms with E-state index in [1.165, 1.54) is 12.2 Å². The largest absolute Gasteiger partial charge is 0.480 e. The summed E-state index contributed by atoms with van der Waals surface area (Å²) < 4.78 is 0. The van der Waals surface area contributed by atoms with Crippen molar-refractivity contribution in [3.8, 4) is 0 Å². The number of nitrogens with one attached hydrogen (secondary N) is 1. The van der Waals surface area contributed by atoms with Gasteiger partial charge < -0.3 is 10.4 Å². The van der Waals surface area contributed by atoms with Gasteiger partial charge >= 0.3 is 5.97 Å². The molecule has 1 aromatic carbocycles. The van der Waals surface area contributed by atoms with E-state index in [0.29, 0.717) is 22.0 Å². The normalized spacial score (nSPS) is 13.1. The van der Waals surface area contributed by atoms with Crippen LogP contribution in [0.3, 0.4) is 0 Å². The Balaban J connectivity index is 2.75. The molecule has 6 heteroatoms. The van der Waals surface area contributed by atoms with E-state index in [9.17, 15) is 14.7 Å². The molecule has 0 bridgehead atoms. The monoisotopic (exact) mass is 343 g/mol. The highest BCUT2D eigenvalue weighted by Crippen LogP contribution is 2.22. The third-order valence-electron chi connectivity index (χ3n) is 2.81. The number of carbonyl (C=O) groups excluding carboxylic acids is 1. The number of benzene rings is 1. The van der Waals surface area contributed by atoms with Crippen LogP contribution in [0.5, 0.6) is 0 Å². The molecular formula is C16H19Cl2NO3. The molecule has 0 heterocycles. The zero-order chi connectivity index (χ0) is 16.9. The maximum absolute atomic E-state index is 11.9. The SMILES string of the molecule is CC(C)(C)CC(NC(=O)/C=C/c1ccc(Cl)cc1Cl)C(=O)O. The smallest absolute Gasteiger partial charge is 0.326 e. The minimum atomic E-state index is -1.05. The number of amides is 1. The van der Waals surface area contributed by atoms with E-state index >= 15 is 0 Å². The predicted octanol–water partition coefficient (Wildman–Crippen LogP) is 4.01. The van der Waals surface area contributed by atoms with Crippen molar-refractivity contribution in [2.75, 3.05) is 0 Å². The number of halogens is 2.